The zero-order valence-corrected chi connectivity index (χ0v) is 54.9. The Morgan fingerprint density at radius 3 is 1.33 bits per heavy atom. The SMILES string of the molecule is CC(C)(C)c1ccc(N2c3ccc(-c4ccccc4)cc3B3c4ccc(C(C)(C)C)cc4N(c4ccc(C(C)(C)C)cc4-c4ccccc4)c4cc(N5c6ccc(N(c7ccccc7)c7ccccc7)cc6C6(C)CCCCC56C)cc2c43)c(-c2ccccc2)c1. The van der Waals surface area contributed by atoms with Gasteiger partial charge in [-0.15, -0.1) is 0 Å². The van der Waals surface area contributed by atoms with Crippen LogP contribution in [0.3, 0.4) is 0 Å². The molecule has 1 aliphatic carbocycles. The molecule has 0 N–H and O–H groups in total. The van der Waals surface area contributed by atoms with Crippen LogP contribution in [0.25, 0.3) is 33.4 Å². The van der Waals surface area contributed by atoms with Crippen molar-refractivity contribution in [3.05, 3.63) is 277 Å². The van der Waals surface area contributed by atoms with Crippen molar-refractivity contribution in [1.29, 1.82) is 0 Å². The highest BCUT2D eigenvalue weighted by Gasteiger charge is 2.58. The quantitative estimate of drug-likeness (QED) is 0.134. The maximum absolute atomic E-state index is 2.83. The monoisotopic (exact) mass is 1180 g/mol. The van der Waals surface area contributed by atoms with Gasteiger partial charge >= 0.3 is 0 Å². The fourth-order valence-corrected chi connectivity index (χ4v) is 15.9. The Bertz CT molecular complexity index is 4540. The second-order valence-electron chi connectivity index (χ2n) is 29.7. The van der Waals surface area contributed by atoms with Crippen LogP contribution in [0.15, 0.2) is 255 Å². The number of para-hydroxylation sites is 2. The van der Waals surface area contributed by atoms with Gasteiger partial charge in [0.15, 0.2) is 0 Å². The lowest BCUT2D eigenvalue weighted by molar-refractivity contribution is 0.195. The first-order valence-electron chi connectivity index (χ1n) is 33.2. The summed E-state index contributed by atoms with van der Waals surface area (Å²) in [6.45, 7) is 26.2. The van der Waals surface area contributed by atoms with Crippen LogP contribution in [0.5, 0.6) is 0 Å². The molecule has 450 valence electrons. The lowest BCUT2D eigenvalue weighted by Crippen LogP contribution is -2.61. The first kappa shape index (κ1) is 58.1. The lowest BCUT2D eigenvalue weighted by atomic mass is 9.33. The van der Waals surface area contributed by atoms with Crippen molar-refractivity contribution < 1.29 is 0 Å². The van der Waals surface area contributed by atoms with Gasteiger partial charge in [0, 0.05) is 67.7 Å². The van der Waals surface area contributed by atoms with Gasteiger partial charge in [-0.25, -0.2) is 0 Å². The van der Waals surface area contributed by atoms with Crippen molar-refractivity contribution >= 4 is 85.7 Å². The zero-order chi connectivity index (χ0) is 62.8. The standard InChI is InChI=1S/C86H83BN4/c1-82(2,3)62-41-46-74(69(52-62)59-31-19-13-20-32-59)89-77-45-39-61(58-29-17-12-18-30-58)51-73(77)87-72-44-40-64(84(7,8)9)54-78(72)90(75-47-42-63(83(4,5)6)53-70(75)60-33-21-14-22-34-60)80-57-68(56-79(89)81(80)87)91-76-48-43-67(55-71(76)85(10)49-27-28-50-86(85,91)11)88(65-35-23-15-24-36-65)66-37-25-16-26-38-66/h12-26,29-48,51-57H,27-28,49-50H2,1-11H3. The molecule has 0 aromatic heterocycles. The van der Waals surface area contributed by atoms with Gasteiger partial charge in [-0.2, -0.15) is 0 Å². The summed E-state index contributed by atoms with van der Waals surface area (Å²) < 4.78 is 0. The van der Waals surface area contributed by atoms with Crippen LogP contribution in [0.2, 0.25) is 0 Å². The Balaban J connectivity index is 1.08. The third-order valence-electron chi connectivity index (χ3n) is 21.0. The Hall–Kier alpha value is -9.32. The van der Waals surface area contributed by atoms with Crippen LogP contribution < -0.4 is 36.0 Å². The fraction of sp³-hybridized carbons (Fsp3) is 0.233. The van der Waals surface area contributed by atoms with Crippen LogP contribution in [-0.4, -0.2) is 12.3 Å². The molecule has 0 amide bonds. The summed E-state index contributed by atoms with van der Waals surface area (Å²) in [5.41, 5.74) is 28.8. The molecule has 3 heterocycles. The highest BCUT2D eigenvalue weighted by atomic mass is 15.3. The van der Waals surface area contributed by atoms with E-state index in [1.165, 1.54) is 124 Å². The lowest BCUT2D eigenvalue weighted by Gasteiger charge is -2.51. The average Bonchev–Trinajstić information content (AvgIpc) is 1.66. The van der Waals surface area contributed by atoms with E-state index in [1.54, 1.807) is 0 Å². The first-order valence-corrected chi connectivity index (χ1v) is 33.2. The molecule has 15 rings (SSSR count). The molecule has 4 aliphatic rings. The van der Waals surface area contributed by atoms with Gasteiger partial charge < -0.3 is 19.6 Å². The molecule has 3 aliphatic heterocycles. The van der Waals surface area contributed by atoms with E-state index in [9.17, 15) is 0 Å². The summed E-state index contributed by atoms with van der Waals surface area (Å²) in [6, 6.07) is 97.4. The largest absolute Gasteiger partial charge is 0.334 e. The van der Waals surface area contributed by atoms with Crippen molar-refractivity contribution in [1.82, 2.24) is 0 Å². The van der Waals surface area contributed by atoms with Crippen LogP contribution in [0.1, 0.15) is 124 Å². The van der Waals surface area contributed by atoms with E-state index >= 15 is 0 Å². The molecule has 0 radical (unpaired) electrons. The van der Waals surface area contributed by atoms with Gasteiger partial charge in [-0.3, -0.25) is 0 Å². The van der Waals surface area contributed by atoms with E-state index in [0.717, 1.165) is 36.3 Å². The highest BCUT2D eigenvalue weighted by molar-refractivity contribution is 7.00. The number of fused-ring (bicyclic) bond motifs is 7. The third-order valence-corrected chi connectivity index (χ3v) is 21.0. The molecule has 5 heteroatoms. The van der Waals surface area contributed by atoms with Crippen LogP contribution in [-0.2, 0) is 21.7 Å². The van der Waals surface area contributed by atoms with E-state index in [0.29, 0.717) is 0 Å². The van der Waals surface area contributed by atoms with Gasteiger partial charge in [-0.1, -0.05) is 246 Å². The predicted octanol–water partition coefficient (Wildman–Crippen LogP) is 21.9. The second-order valence-corrected chi connectivity index (χ2v) is 29.7. The van der Waals surface area contributed by atoms with Crippen molar-refractivity contribution in [3.63, 3.8) is 0 Å². The van der Waals surface area contributed by atoms with E-state index in [4.69, 9.17) is 0 Å². The molecule has 0 spiro atoms. The molecule has 0 saturated heterocycles. The first-order chi connectivity index (χ1) is 43.8. The van der Waals surface area contributed by atoms with E-state index in [-0.39, 0.29) is 33.9 Å². The maximum Gasteiger partial charge on any atom is 0.252 e. The topological polar surface area (TPSA) is 13.0 Å². The summed E-state index contributed by atoms with van der Waals surface area (Å²) in [5.74, 6) is 0. The summed E-state index contributed by atoms with van der Waals surface area (Å²) in [7, 11) is 0. The van der Waals surface area contributed by atoms with Crippen LogP contribution in [0.4, 0.5) is 62.6 Å². The average molecular weight is 1180 g/mol. The molecule has 2 atom stereocenters. The summed E-state index contributed by atoms with van der Waals surface area (Å²) >= 11 is 0. The smallest absolute Gasteiger partial charge is 0.252 e. The molecule has 1 fully saturated rings. The molecule has 11 aromatic carbocycles. The van der Waals surface area contributed by atoms with Crippen LogP contribution in [0, 0.1) is 0 Å². The Kier molecular flexibility index (Phi) is 13.8. The molecule has 4 nitrogen and oxygen atoms in total. The van der Waals surface area contributed by atoms with E-state index in [2.05, 4.69) is 351 Å². The molecular weight excluding hydrogens is 1100 g/mol. The van der Waals surface area contributed by atoms with Crippen molar-refractivity contribution in [2.75, 3.05) is 19.6 Å². The van der Waals surface area contributed by atoms with E-state index < -0.39 is 0 Å². The van der Waals surface area contributed by atoms with Crippen LogP contribution >= 0.6 is 0 Å². The van der Waals surface area contributed by atoms with Crippen molar-refractivity contribution in [2.24, 2.45) is 0 Å². The number of nitrogens with zero attached hydrogens (tertiary/aromatic N) is 4. The Morgan fingerprint density at radius 1 is 0.352 bits per heavy atom. The fourth-order valence-electron chi connectivity index (χ4n) is 15.9. The van der Waals surface area contributed by atoms with Gasteiger partial charge in [0.1, 0.15) is 0 Å². The van der Waals surface area contributed by atoms with Crippen molar-refractivity contribution in [3.8, 4) is 33.4 Å². The Morgan fingerprint density at radius 2 is 0.802 bits per heavy atom. The van der Waals surface area contributed by atoms with Crippen molar-refractivity contribution in [2.45, 2.75) is 129 Å². The zero-order valence-electron chi connectivity index (χ0n) is 54.9. The third kappa shape index (κ3) is 9.64. The van der Waals surface area contributed by atoms with Gasteiger partial charge in [0.2, 0.25) is 0 Å². The van der Waals surface area contributed by atoms with E-state index in [1.807, 2.05) is 0 Å². The molecular formula is C86H83BN4. The highest BCUT2D eigenvalue weighted by Crippen LogP contribution is 2.63. The summed E-state index contributed by atoms with van der Waals surface area (Å²) in [6.07, 6.45) is 4.48. The van der Waals surface area contributed by atoms with Gasteiger partial charge in [0.25, 0.3) is 6.71 Å². The minimum atomic E-state index is -0.289. The minimum Gasteiger partial charge on any atom is -0.334 e. The van der Waals surface area contributed by atoms with Gasteiger partial charge in [-0.05, 0) is 188 Å². The Labute approximate surface area is 541 Å². The number of rotatable bonds is 9. The summed E-state index contributed by atoms with van der Waals surface area (Å²) in [4.78, 5) is 10.7. The summed E-state index contributed by atoms with van der Waals surface area (Å²) in [5, 5.41) is 0. The van der Waals surface area contributed by atoms with Gasteiger partial charge in [0.05, 0.1) is 16.9 Å². The number of hydrogen-bond donors (Lipinski definition) is 0. The minimum absolute atomic E-state index is 0.0872. The number of anilines is 11. The normalized spacial score (nSPS) is 17.4. The molecule has 2 unspecified atom stereocenters. The number of hydrogen-bond acceptors (Lipinski definition) is 4. The number of benzene rings is 11. The molecule has 11 aromatic rings. The maximum atomic E-state index is 2.83. The predicted molar refractivity (Wildman–Crippen MR) is 390 cm³/mol. The molecule has 91 heavy (non-hydrogen) atoms. The molecule has 0 bridgehead atoms. The second kappa shape index (κ2) is 21.7. The molecule has 1 saturated carbocycles.